The summed E-state index contributed by atoms with van der Waals surface area (Å²) < 4.78 is 0. The molecule has 24 heavy (non-hydrogen) atoms. The lowest BCUT2D eigenvalue weighted by Gasteiger charge is -2.36. The Morgan fingerprint density at radius 1 is 1.21 bits per heavy atom. The van der Waals surface area contributed by atoms with E-state index in [-0.39, 0.29) is 12.0 Å². The molecule has 0 radical (unpaired) electrons. The number of nitrogens with one attached hydrogen (secondary N) is 1. The minimum absolute atomic E-state index is 0.0116. The van der Waals surface area contributed by atoms with Crippen LogP contribution in [0.4, 0.5) is 5.69 Å². The van der Waals surface area contributed by atoms with Crippen molar-refractivity contribution in [1.82, 2.24) is 9.80 Å². The molecule has 0 atom stereocenters. The Balaban J connectivity index is 2.06. The molecule has 134 valence electrons. The fraction of sp³-hybridized carbons (Fsp3) is 0.611. The van der Waals surface area contributed by atoms with Gasteiger partial charge in [-0.2, -0.15) is 0 Å². The number of nitrogens with two attached hydrogens (primary N) is 1. The van der Waals surface area contributed by atoms with E-state index in [9.17, 15) is 0 Å². The van der Waals surface area contributed by atoms with Gasteiger partial charge in [0, 0.05) is 45.0 Å². The summed E-state index contributed by atoms with van der Waals surface area (Å²) in [6.07, 6.45) is 0. The highest BCUT2D eigenvalue weighted by Crippen LogP contribution is 2.15. The van der Waals surface area contributed by atoms with Crippen molar-refractivity contribution in [2.24, 2.45) is 16.1 Å². The summed E-state index contributed by atoms with van der Waals surface area (Å²) >= 11 is 0. The van der Waals surface area contributed by atoms with Crippen molar-refractivity contribution in [2.75, 3.05) is 57.7 Å². The van der Waals surface area contributed by atoms with Crippen molar-refractivity contribution in [3.8, 4) is 0 Å². The molecule has 2 rings (SSSR count). The number of para-hydroxylation sites is 1. The maximum absolute atomic E-state index is 9.09. The van der Waals surface area contributed by atoms with Gasteiger partial charge in [0.2, 0.25) is 0 Å². The summed E-state index contributed by atoms with van der Waals surface area (Å²) in [5.74, 6) is 0.909. The van der Waals surface area contributed by atoms with Gasteiger partial charge >= 0.3 is 0 Å². The van der Waals surface area contributed by atoms with Gasteiger partial charge in [0.15, 0.2) is 5.96 Å². The van der Waals surface area contributed by atoms with Gasteiger partial charge in [-0.3, -0.25) is 9.89 Å². The zero-order valence-electron chi connectivity index (χ0n) is 14.9. The van der Waals surface area contributed by atoms with Crippen LogP contribution in [0.2, 0.25) is 0 Å². The molecule has 0 spiro atoms. The summed E-state index contributed by atoms with van der Waals surface area (Å²) in [4.78, 5) is 9.40. The van der Waals surface area contributed by atoms with Crippen molar-refractivity contribution >= 4 is 11.6 Å². The molecule has 1 aliphatic rings. The Hall–Kier alpha value is -1.63. The van der Waals surface area contributed by atoms with E-state index < -0.39 is 0 Å². The van der Waals surface area contributed by atoms with Crippen LogP contribution >= 0.6 is 0 Å². The Bertz CT molecular complexity index is 509. The van der Waals surface area contributed by atoms with E-state index in [4.69, 9.17) is 15.8 Å². The largest absolute Gasteiger partial charge is 0.395 e. The number of aliphatic hydroxyl groups is 1. The third kappa shape index (κ3) is 5.78. The number of nitrogens with zero attached hydrogens (tertiary/aromatic N) is 3. The van der Waals surface area contributed by atoms with E-state index in [0.29, 0.717) is 13.1 Å². The van der Waals surface area contributed by atoms with Crippen molar-refractivity contribution in [3.05, 3.63) is 30.3 Å². The lowest BCUT2D eigenvalue weighted by Crippen LogP contribution is -2.51. The summed E-state index contributed by atoms with van der Waals surface area (Å²) in [5.41, 5.74) is 6.87. The highest BCUT2D eigenvalue weighted by atomic mass is 16.3. The molecular formula is C18H31N5O. The smallest absolute Gasteiger partial charge is 0.198 e. The zero-order valence-corrected chi connectivity index (χ0v) is 14.9. The Morgan fingerprint density at radius 3 is 2.46 bits per heavy atom. The second-order valence-corrected chi connectivity index (χ2v) is 7.05. The number of hydrogen-bond donors (Lipinski definition) is 3. The second-order valence-electron chi connectivity index (χ2n) is 7.05. The standard InChI is InChI=1S/C18H31N5O/c1-18(2,14-19)15-20-17(21-16-6-4-3-5-7-16)23-10-8-22(9-11-23)12-13-24/h3-7,24H,8-15,19H2,1-2H3,(H,20,21). The number of guanidine groups is 1. The Labute approximate surface area is 145 Å². The number of aliphatic imine (C=N–C) groups is 1. The van der Waals surface area contributed by atoms with Crippen LogP contribution in [0.15, 0.2) is 35.3 Å². The number of benzene rings is 1. The van der Waals surface area contributed by atoms with Gasteiger partial charge in [0.1, 0.15) is 0 Å². The molecule has 1 aliphatic heterocycles. The molecule has 1 heterocycles. The van der Waals surface area contributed by atoms with E-state index in [1.165, 1.54) is 0 Å². The van der Waals surface area contributed by atoms with Crippen molar-refractivity contribution in [1.29, 1.82) is 0 Å². The SMILES string of the molecule is CC(C)(CN)CN=C(Nc1ccccc1)N1CCN(CCO)CC1. The maximum Gasteiger partial charge on any atom is 0.198 e. The molecule has 1 aromatic carbocycles. The van der Waals surface area contributed by atoms with Gasteiger partial charge in [-0.25, -0.2) is 0 Å². The van der Waals surface area contributed by atoms with Crippen LogP contribution in [-0.2, 0) is 0 Å². The van der Waals surface area contributed by atoms with Crippen molar-refractivity contribution < 1.29 is 5.11 Å². The number of hydrogen-bond acceptors (Lipinski definition) is 4. The van der Waals surface area contributed by atoms with E-state index in [1.807, 2.05) is 30.3 Å². The van der Waals surface area contributed by atoms with Gasteiger partial charge in [-0.15, -0.1) is 0 Å². The molecule has 0 bridgehead atoms. The van der Waals surface area contributed by atoms with Crippen LogP contribution in [0.1, 0.15) is 13.8 Å². The van der Waals surface area contributed by atoms with E-state index in [0.717, 1.165) is 44.4 Å². The third-order valence-electron chi connectivity index (χ3n) is 4.33. The van der Waals surface area contributed by atoms with Crippen LogP contribution in [0.5, 0.6) is 0 Å². The summed E-state index contributed by atoms with van der Waals surface area (Å²) in [6.45, 7) is 10.2. The van der Waals surface area contributed by atoms with Crippen molar-refractivity contribution in [3.63, 3.8) is 0 Å². The molecular weight excluding hydrogens is 302 g/mol. The second kappa shape index (κ2) is 9.01. The minimum atomic E-state index is -0.0116. The van der Waals surface area contributed by atoms with Crippen LogP contribution in [0.25, 0.3) is 0 Å². The number of anilines is 1. The quantitative estimate of drug-likeness (QED) is 0.536. The topological polar surface area (TPSA) is 77.1 Å². The normalized spacial score (nSPS) is 17.2. The van der Waals surface area contributed by atoms with Crippen LogP contribution < -0.4 is 11.1 Å². The van der Waals surface area contributed by atoms with E-state index >= 15 is 0 Å². The first-order valence-corrected chi connectivity index (χ1v) is 8.69. The highest BCUT2D eigenvalue weighted by molar-refractivity contribution is 5.93. The van der Waals surface area contributed by atoms with Gasteiger partial charge in [0.25, 0.3) is 0 Å². The maximum atomic E-state index is 9.09. The highest BCUT2D eigenvalue weighted by Gasteiger charge is 2.21. The molecule has 6 heteroatoms. The average molecular weight is 333 g/mol. The van der Waals surface area contributed by atoms with Crippen LogP contribution in [0, 0.1) is 5.41 Å². The van der Waals surface area contributed by atoms with Gasteiger partial charge < -0.3 is 21.1 Å². The molecule has 0 aliphatic carbocycles. The third-order valence-corrected chi connectivity index (χ3v) is 4.33. The number of β-amino-alcohol motifs (C(OH)–C–C–N with tert-alkyl or cyclic N) is 1. The van der Waals surface area contributed by atoms with Gasteiger partial charge in [-0.05, 0) is 24.1 Å². The van der Waals surface area contributed by atoms with E-state index in [2.05, 4.69) is 29.0 Å². The Morgan fingerprint density at radius 2 is 1.88 bits per heavy atom. The predicted octanol–water partition coefficient (Wildman–Crippen LogP) is 1.05. The number of piperazine rings is 1. The zero-order chi connectivity index (χ0) is 17.4. The van der Waals surface area contributed by atoms with Gasteiger partial charge in [-0.1, -0.05) is 32.0 Å². The first-order chi connectivity index (χ1) is 11.5. The molecule has 1 fully saturated rings. The molecule has 0 saturated carbocycles. The lowest BCUT2D eigenvalue weighted by atomic mass is 9.94. The average Bonchev–Trinajstić information content (AvgIpc) is 2.60. The van der Waals surface area contributed by atoms with Crippen LogP contribution in [0.3, 0.4) is 0 Å². The number of rotatable bonds is 6. The summed E-state index contributed by atoms with van der Waals surface area (Å²) in [7, 11) is 0. The van der Waals surface area contributed by atoms with E-state index in [1.54, 1.807) is 0 Å². The molecule has 1 saturated heterocycles. The first kappa shape index (κ1) is 18.7. The Kier molecular flexibility index (Phi) is 7.02. The molecule has 6 nitrogen and oxygen atoms in total. The predicted molar refractivity (Wildman–Crippen MR) is 100 cm³/mol. The fourth-order valence-electron chi connectivity index (χ4n) is 2.55. The molecule has 4 N–H and O–H groups in total. The molecule has 0 unspecified atom stereocenters. The minimum Gasteiger partial charge on any atom is -0.395 e. The lowest BCUT2D eigenvalue weighted by molar-refractivity contribution is 0.147. The van der Waals surface area contributed by atoms with Crippen LogP contribution in [-0.4, -0.2) is 73.3 Å². The van der Waals surface area contributed by atoms with Gasteiger partial charge in [0.05, 0.1) is 6.61 Å². The monoisotopic (exact) mass is 333 g/mol. The molecule has 0 aromatic heterocycles. The summed E-state index contributed by atoms with van der Waals surface area (Å²) in [5, 5.41) is 12.5. The fourth-order valence-corrected chi connectivity index (χ4v) is 2.55. The molecule has 0 amide bonds. The number of aliphatic hydroxyl groups excluding tert-OH is 1. The first-order valence-electron chi connectivity index (χ1n) is 8.69. The summed E-state index contributed by atoms with van der Waals surface area (Å²) in [6, 6.07) is 10.1. The molecule has 1 aromatic rings. The van der Waals surface area contributed by atoms with Crippen molar-refractivity contribution in [2.45, 2.75) is 13.8 Å².